The number of benzene rings is 2. The van der Waals surface area contributed by atoms with Gasteiger partial charge in [0, 0.05) is 19.0 Å². The summed E-state index contributed by atoms with van der Waals surface area (Å²) in [4.78, 5) is 37.9. The van der Waals surface area contributed by atoms with Gasteiger partial charge in [-0.15, -0.1) is 0 Å². The molecule has 2 aromatic carbocycles. The third-order valence-corrected chi connectivity index (χ3v) is 6.89. The number of ether oxygens (including phenoxy) is 1. The Balaban J connectivity index is 1.54. The molecule has 9 nitrogen and oxygen atoms in total. The fourth-order valence-corrected chi connectivity index (χ4v) is 4.79. The monoisotopic (exact) mass is 564 g/mol. The first-order valence-electron chi connectivity index (χ1n) is 12.9. The minimum absolute atomic E-state index is 0.0623. The molecule has 1 aliphatic rings. The molecule has 2 amide bonds. The van der Waals surface area contributed by atoms with Crippen LogP contribution in [-0.4, -0.2) is 39.0 Å². The molecular weight excluding hydrogens is 534 g/mol. The Kier molecular flexibility index (Phi) is 8.65. The highest BCUT2D eigenvalue weighted by atomic mass is 19.1. The molecule has 4 rings (SSSR count). The maximum atomic E-state index is 14.2. The maximum Gasteiger partial charge on any atom is 0.335 e. The number of carbonyl (C=O) groups excluding carboxylic acids is 2. The van der Waals surface area contributed by atoms with E-state index in [2.05, 4.69) is 22.3 Å². The Morgan fingerprint density at radius 2 is 2.00 bits per heavy atom. The highest BCUT2D eigenvalue weighted by molar-refractivity contribution is 6.16. The lowest BCUT2D eigenvalue weighted by molar-refractivity contribution is -0.117. The summed E-state index contributed by atoms with van der Waals surface area (Å²) in [5.41, 5.74) is 3.03. The van der Waals surface area contributed by atoms with Crippen molar-refractivity contribution >= 4 is 23.5 Å². The highest BCUT2D eigenvalue weighted by Gasteiger charge is 2.29. The van der Waals surface area contributed by atoms with Gasteiger partial charge in [-0.05, 0) is 73.2 Å². The summed E-state index contributed by atoms with van der Waals surface area (Å²) in [7, 11) is 0. The lowest BCUT2D eigenvalue weighted by Gasteiger charge is -2.18. The van der Waals surface area contributed by atoms with E-state index in [4.69, 9.17) is 4.74 Å². The van der Waals surface area contributed by atoms with Crippen molar-refractivity contribution in [3.63, 3.8) is 0 Å². The zero-order valence-corrected chi connectivity index (χ0v) is 22.8. The number of carbonyl (C=O) groups is 3. The van der Waals surface area contributed by atoms with E-state index in [0.717, 1.165) is 22.0 Å². The minimum atomic E-state index is -1.49. The third-order valence-electron chi connectivity index (χ3n) is 6.89. The second-order valence-electron chi connectivity index (χ2n) is 9.71. The average molecular weight is 565 g/mol. The number of rotatable bonds is 10. The molecule has 3 N–H and O–H groups in total. The number of fused-ring (bicyclic) bond motifs is 1. The average Bonchev–Trinajstić information content (AvgIpc) is 3.48. The number of nitrogens with zero attached hydrogens (tertiary/aromatic N) is 2. The molecule has 0 aliphatic heterocycles. The van der Waals surface area contributed by atoms with Gasteiger partial charge in [0.15, 0.2) is 5.82 Å². The minimum Gasteiger partial charge on any atom is -0.478 e. The van der Waals surface area contributed by atoms with E-state index in [1.807, 2.05) is 0 Å². The fourth-order valence-electron chi connectivity index (χ4n) is 4.79. The summed E-state index contributed by atoms with van der Waals surface area (Å²) >= 11 is 0. The molecule has 0 fully saturated rings. The van der Waals surface area contributed by atoms with Gasteiger partial charge in [0.25, 0.3) is 11.8 Å². The van der Waals surface area contributed by atoms with Gasteiger partial charge in [-0.2, -0.15) is 5.10 Å². The molecular formula is C30H30F2N4O5. The zero-order chi connectivity index (χ0) is 29.8. The van der Waals surface area contributed by atoms with Gasteiger partial charge < -0.3 is 20.5 Å². The molecule has 1 aliphatic carbocycles. The van der Waals surface area contributed by atoms with Crippen molar-refractivity contribution in [1.82, 2.24) is 20.4 Å². The predicted molar refractivity (Wildman–Crippen MR) is 147 cm³/mol. The molecule has 0 radical (unpaired) electrons. The molecule has 2 atom stereocenters. The SMILES string of the molecule is C=C(/C=C(/C(=O)NC1CCc2c1ccc(C(=O)O)c2C)n1ncc(F)c1C)C(=O)NCc1cccc(OC(C)F)c1. The summed E-state index contributed by atoms with van der Waals surface area (Å²) in [6.07, 6.45) is 1.81. The lowest BCUT2D eigenvalue weighted by Crippen LogP contribution is -2.31. The van der Waals surface area contributed by atoms with E-state index >= 15 is 0 Å². The van der Waals surface area contributed by atoms with Crippen LogP contribution in [-0.2, 0) is 22.6 Å². The third kappa shape index (κ3) is 6.51. The Labute approximate surface area is 235 Å². The van der Waals surface area contributed by atoms with Gasteiger partial charge in [-0.1, -0.05) is 24.8 Å². The summed E-state index contributed by atoms with van der Waals surface area (Å²) < 4.78 is 33.5. The van der Waals surface area contributed by atoms with Gasteiger partial charge in [0.05, 0.1) is 23.5 Å². The van der Waals surface area contributed by atoms with Crippen molar-refractivity contribution in [3.8, 4) is 5.75 Å². The van der Waals surface area contributed by atoms with Crippen LogP contribution in [0.4, 0.5) is 8.78 Å². The van der Waals surface area contributed by atoms with E-state index in [-0.39, 0.29) is 29.1 Å². The zero-order valence-electron chi connectivity index (χ0n) is 22.8. The van der Waals surface area contributed by atoms with Gasteiger partial charge >= 0.3 is 5.97 Å². The first-order valence-corrected chi connectivity index (χ1v) is 12.9. The normalized spacial score (nSPS) is 15.1. The van der Waals surface area contributed by atoms with Gasteiger partial charge in [-0.3, -0.25) is 9.59 Å². The lowest BCUT2D eigenvalue weighted by atomic mass is 9.98. The Bertz CT molecular complexity index is 1560. The van der Waals surface area contributed by atoms with Crippen molar-refractivity contribution in [2.24, 2.45) is 0 Å². The molecule has 2 unspecified atom stereocenters. The van der Waals surface area contributed by atoms with E-state index in [0.29, 0.717) is 29.7 Å². The number of carboxylic acid groups (broad SMARTS) is 1. The van der Waals surface area contributed by atoms with E-state index < -0.39 is 36.0 Å². The standard InChI is InChI=1S/C30H30F2N4O5/c1-16(28(37)33-14-20-6-5-7-21(13-20)41-19(4)31)12-27(36-18(3)25(32)15-34-36)29(38)35-26-11-10-22-17(2)23(30(39)40)8-9-24(22)26/h5-9,12-13,15,19,26H,1,10-11,14H2,2-4H3,(H,33,37)(H,35,38)(H,39,40)/b27-12-. The van der Waals surface area contributed by atoms with Crippen LogP contribution in [0.1, 0.15) is 57.7 Å². The number of alkyl halides is 1. The van der Waals surface area contributed by atoms with Crippen LogP contribution in [0.3, 0.4) is 0 Å². The van der Waals surface area contributed by atoms with Crippen molar-refractivity contribution in [1.29, 1.82) is 0 Å². The van der Waals surface area contributed by atoms with Crippen LogP contribution >= 0.6 is 0 Å². The maximum absolute atomic E-state index is 14.2. The number of hydrogen-bond acceptors (Lipinski definition) is 5. The number of halogens is 2. The van der Waals surface area contributed by atoms with Crippen LogP contribution in [0.2, 0.25) is 0 Å². The molecule has 41 heavy (non-hydrogen) atoms. The largest absolute Gasteiger partial charge is 0.478 e. The summed E-state index contributed by atoms with van der Waals surface area (Å²) in [5.74, 6) is -2.55. The quantitative estimate of drug-likeness (QED) is 0.245. The smallest absolute Gasteiger partial charge is 0.335 e. The van der Waals surface area contributed by atoms with Crippen molar-refractivity contribution < 1.29 is 33.0 Å². The Morgan fingerprint density at radius 1 is 1.24 bits per heavy atom. The number of aromatic carboxylic acids is 1. The van der Waals surface area contributed by atoms with E-state index in [9.17, 15) is 28.3 Å². The second kappa shape index (κ2) is 12.2. The molecule has 0 saturated carbocycles. The molecule has 0 bridgehead atoms. The predicted octanol–water partition coefficient (Wildman–Crippen LogP) is 4.55. The summed E-state index contributed by atoms with van der Waals surface area (Å²) in [6.45, 7) is 8.30. The van der Waals surface area contributed by atoms with Crippen molar-refractivity contribution in [2.45, 2.75) is 52.6 Å². The van der Waals surface area contributed by atoms with Crippen LogP contribution in [0.5, 0.6) is 5.75 Å². The number of carboxylic acids is 1. The van der Waals surface area contributed by atoms with Crippen molar-refractivity contribution in [3.05, 3.63) is 100 Å². The molecule has 214 valence electrons. The summed E-state index contributed by atoms with van der Waals surface area (Å²) in [5, 5.41) is 19.0. The number of hydrogen-bond donors (Lipinski definition) is 3. The first-order chi connectivity index (χ1) is 19.5. The van der Waals surface area contributed by atoms with Crippen LogP contribution in [0.25, 0.3) is 5.70 Å². The molecule has 1 heterocycles. The van der Waals surface area contributed by atoms with Crippen LogP contribution < -0.4 is 15.4 Å². The fraction of sp³-hybridized carbons (Fsp3) is 0.267. The van der Waals surface area contributed by atoms with Gasteiger partial charge in [-0.25, -0.2) is 18.3 Å². The highest BCUT2D eigenvalue weighted by Crippen LogP contribution is 2.35. The molecule has 3 aromatic rings. The molecule has 1 aromatic heterocycles. The van der Waals surface area contributed by atoms with Crippen LogP contribution in [0.15, 0.2) is 60.8 Å². The first kappa shape index (κ1) is 29.2. The van der Waals surface area contributed by atoms with Gasteiger partial charge in [0.1, 0.15) is 11.4 Å². The molecule has 0 spiro atoms. The van der Waals surface area contributed by atoms with E-state index in [1.54, 1.807) is 37.3 Å². The topological polar surface area (TPSA) is 123 Å². The van der Waals surface area contributed by atoms with E-state index in [1.165, 1.54) is 26.0 Å². The second-order valence-corrected chi connectivity index (χ2v) is 9.71. The van der Waals surface area contributed by atoms with Crippen LogP contribution in [0, 0.1) is 19.7 Å². The molecule has 0 saturated heterocycles. The number of aromatic nitrogens is 2. The number of amides is 2. The Hall–Kier alpha value is -4.80. The van der Waals surface area contributed by atoms with Gasteiger partial charge in [0.2, 0.25) is 6.36 Å². The van der Waals surface area contributed by atoms with Crippen molar-refractivity contribution in [2.75, 3.05) is 0 Å². The Morgan fingerprint density at radius 3 is 2.66 bits per heavy atom. The molecule has 11 heteroatoms. The summed E-state index contributed by atoms with van der Waals surface area (Å²) in [6, 6.07) is 9.34. The number of nitrogens with one attached hydrogen (secondary N) is 2.